The average molecular weight is 219 g/mol. The zero-order valence-corrected chi connectivity index (χ0v) is 10.0. The number of carbonyl (C=O) groups excluding carboxylic acids is 2. The standard InChI is InChI=1S/C13H17NO2/c1-8-5-4-6-11-12(13(8)16)10(9(2)15)7-14(11)3/h7-8H,4-6H2,1-3H3. The van der Waals surface area contributed by atoms with Gasteiger partial charge in [-0.05, 0) is 26.2 Å². The van der Waals surface area contributed by atoms with Crippen molar-refractivity contribution in [2.24, 2.45) is 13.0 Å². The third-order valence-corrected chi connectivity index (χ3v) is 3.43. The van der Waals surface area contributed by atoms with Crippen molar-refractivity contribution in [2.45, 2.75) is 33.1 Å². The van der Waals surface area contributed by atoms with Crippen molar-refractivity contribution in [3.8, 4) is 0 Å². The van der Waals surface area contributed by atoms with Crippen LogP contribution in [0.25, 0.3) is 0 Å². The number of ketones is 2. The Morgan fingerprint density at radius 2 is 2.19 bits per heavy atom. The lowest BCUT2D eigenvalue weighted by molar-refractivity contribution is 0.0916. The second kappa shape index (κ2) is 3.89. The molecule has 1 aromatic heterocycles. The molecule has 0 radical (unpaired) electrons. The molecule has 0 N–H and O–H groups in total. The molecule has 16 heavy (non-hydrogen) atoms. The van der Waals surface area contributed by atoms with Gasteiger partial charge in [0.1, 0.15) is 0 Å². The Balaban J connectivity index is 2.62. The van der Waals surface area contributed by atoms with E-state index in [0.717, 1.165) is 25.0 Å². The fraction of sp³-hybridized carbons (Fsp3) is 0.538. The van der Waals surface area contributed by atoms with Crippen LogP contribution in [0.15, 0.2) is 6.20 Å². The minimum atomic E-state index is -0.0145. The SMILES string of the molecule is CC(=O)c1cn(C)c2c1C(=O)C(C)CCC2. The Bertz CT molecular complexity index is 457. The monoisotopic (exact) mass is 219 g/mol. The van der Waals surface area contributed by atoms with Gasteiger partial charge >= 0.3 is 0 Å². The topological polar surface area (TPSA) is 39.1 Å². The Morgan fingerprint density at radius 1 is 1.50 bits per heavy atom. The molecule has 1 aliphatic rings. The number of hydrogen-bond donors (Lipinski definition) is 0. The van der Waals surface area contributed by atoms with Gasteiger partial charge in [-0.1, -0.05) is 6.92 Å². The lowest BCUT2D eigenvalue weighted by Gasteiger charge is -2.06. The van der Waals surface area contributed by atoms with Gasteiger partial charge in [-0.15, -0.1) is 0 Å². The number of aryl methyl sites for hydroxylation is 1. The molecule has 3 heteroatoms. The third-order valence-electron chi connectivity index (χ3n) is 3.43. The quantitative estimate of drug-likeness (QED) is 0.537. The van der Waals surface area contributed by atoms with Gasteiger partial charge in [-0.2, -0.15) is 0 Å². The van der Waals surface area contributed by atoms with Crippen LogP contribution in [0.4, 0.5) is 0 Å². The largest absolute Gasteiger partial charge is 0.353 e. The molecule has 0 saturated heterocycles. The van der Waals surface area contributed by atoms with E-state index in [9.17, 15) is 9.59 Å². The number of carbonyl (C=O) groups is 2. The smallest absolute Gasteiger partial charge is 0.168 e. The van der Waals surface area contributed by atoms with Crippen LogP contribution >= 0.6 is 0 Å². The zero-order chi connectivity index (χ0) is 11.9. The summed E-state index contributed by atoms with van der Waals surface area (Å²) in [5.41, 5.74) is 2.30. The first kappa shape index (κ1) is 11.1. The van der Waals surface area contributed by atoms with E-state index in [1.165, 1.54) is 6.92 Å². The fourth-order valence-electron chi connectivity index (χ4n) is 2.46. The summed E-state index contributed by atoms with van der Waals surface area (Å²) in [6, 6.07) is 0. The predicted molar refractivity (Wildman–Crippen MR) is 61.9 cm³/mol. The summed E-state index contributed by atoms with van der Waals surface area (Å²) < 4.78 is 1.93. The molecular weight excluding hydrogens is 202 g/mol. The Labute approximate surface area is 95.5 Å². The number of Topliss-reactive ketones (excluding diaryl/α,β-unsaturated/α-hetero) is 2. The first-order valence-electron chi connectivity index (χ1n) is 5.75. The van der Waals surface area contributed by atoms with Crippen LogP contribution in [-0.2, 0) is 13.5 Å². The molecule has 0 fully saturated rings. The van der Waals surface area contributed by atoms with Gasteiger partial charge in [0.25, 0.3) is 0 Å². The normalized spacial score (nSPS) is 20.4. The van der Waals surface area contributed by atoms with Crippen molar-refractivity contribution in [2.75, 3.05) is 0 Å². The van der Waals surface area contributed by atoms with E-state index in [1.54, 1.807) is 6.20 Å². The zero-order valence-electron chi connectivity index (χ0n) is 10.0. The summed E-state index contributed by atoms with van der Waals surface area (Å²) >= 11 is 0. The second-order valence-corrected chi connectivity index (χ2v) is 4.69. The van der Waals surface area contributed by atoms with Crippen LogP contribution in [0.3, 0.4) is 0 Å². The maximum Gasteiger partial charge on any atom is 0.168 e. The van der Waals surface area contributed by atoms with E-state index in [4.69, 9.17) is 0 Å². The lowest BCUT2D eigenvalue weighted by atomic mass is 9.95. The van der Waals surface area contributed by atoms with Crippen molar-refractivity contribution in [3.63, 3.8) is 0 Å². The highest BCUT2D eigenvalue weighted by Crippen LogP contribution is 2.28. The summed E-state index contributed by atoms with van der Waals surface area (Å²) in [6.07, 6.45) is 4.64. The summed E-state index contributed by atoms with van der Waals surface area (Å²) in [7, 11) is 1.91. The molecule has 1 heterocycles. The first-order valence-corrected chi connectivity index (χ1v) is 5.75. The van der Waals surface area contributed by atoms with Crippen LogP contribution in [0.2, 0.25) is 0 Å². The van der Waals surface area contributed by atoms with Gasteiger partial charge in [0, 0.05) is 36.0 Å². The molecule has 0 amide bonds. The van der Waals surface area contributed by atoms with E-state index < -0.39 is 0 Å². The maximum absolute atomic E-state index is 12.2. The number of aromatic nitrogens is 1. The van der Waals surface area contributed by atoms with E-state index >= 15 is 0 Å². The first-order chi connectivity index (χ1) is 7.52. The average Bonchev–Trinajstić information content (AvgIpc) is 2.47. The van der Waals surface area contributed by atoms with Crippen LogP contribution in [0.5, 0.6) is 0 Å². The minimum absolute atomic E-state index is 0.0145. The van der Waals surface area contributed by atoms with Gasteiger partial charge in [0.05, 0.1) is 0 Å². The molecule has 1 unspecified atom stereocenters. The predicted octanol–water partition coefficient (Wildman–Crippen LogP) is 2.38. The molecule has 0 aromatic carbocycles. The molecule has 86 valence electrons. The maximum atomic E-state index is 12.2. The summed E-state index contributed by atoms with van der Waals surface area (Å²) in [5.74, 6) is 0.166. The molecule has 1 aliphatic carbocycles. The summed E-state index contributed by atoms with van der Waals surface area (Å²) in [5, 5.41) is 0. The fourth-order valence-corrected chi connectivity index (χ4v) is 2.46. The Kier molecular flexibility index (Phi) is 2.70. The number of fused-ring (bicyclic) bond motifs is 1. The van der Waals surface area contributed by atoms with E-state index in [-0.39, 0.29) is 17.5 Å². The highest BCUT2D eigenvalue weighted by atomic mass is 16.1. The van der Waals surface area contributed by atoms with E-state index in [2.05, 4.69) is 0 Å². The molecule has 0 saturated carbocycles. The molecule has 0 aliphatic heterocycles. The van der Waals surface area contributed by atoms with Gasteiger partial charge in [-0.3, -0.25) is 9.59 Å². The summed E-state index contributed by atoms with van der Waals surface area (Å²) in [4.78, 5) is 23.7. The van der Waals surface area contributed by atoms with Gasteiger partial charge in [0.2, 0.25) is 0 Å². The molecule has 0 spiro atoms. The Morgan fingerprint density at radius 3 is 2.81 bits per heavy atom. The molecular formula is C13H17NO2. The summed E-state index contributed by atoms with van der Waals surface area (Å²) in [6.45, 7) is 3.48. The van der Waals surface area contributed by atoms with E-state index in [0.29, 0.717) is 11.1 Å². The number of rotatable bonds is 1. The van der Waals surface area contributed by atoms with Gasteiger partial charge in [0.15, 0.2) is 11.6 Å². The van der Waals surface area contributed by atoms with Crippen LogP contribution < -0.4 is 0 Å². The van der Waals surface area contributed by atoms with E-state index in [1.807, 2.05) is 18.5 Å². The van der Waals surface area contributed by atoms with Crippen molar-refractivity contribution < 1.29 is 9.59 Å². The highest BCUT2D eigenvalue weighted by molar-refractivity contribution is 6.09. The molecule has 0 bridgehead atoms. The molecule has 3 nitrogen and oxygen atoms in total. The molecule has 2 rings (SSSR count). The van der Waals surface area contributed by atoms with Crippen molar-refractivity contribution in [1.82, 2.24) is 4.57 Å². The van der Waals surface area contributed by atoms with Crippen molar-refractivity contribution in [1.29, 1.82) is 0 Å². The van der Waals surface area contributed by atoms with Crippen molar-refractivity contribution >= 4 is 11.6 Å². The minimum Gasteiger partial charge on any atom is -0.353 e. The second-order valence-electron chi connectivity index (χ2n) is 4.69. The van der Waals surface area contributed by atoms with Crippen LogP contribution in [0, 0.1) is 5.92 Å². The van der Waals surface area contributed by atoms with Gasteiger partial charge in [-0.25, -0.2) is 0 Å². The lowest BCUT2D eigenvalue weighted by Crippen LogP contribution is -2.12. The Hall–Kier alpha value is -1.38. The molecule has 1 aromatic rings. The van der Waals surface area contributed by atoms with Crippen LogP contribution in [-0.4, -0.2) is 16.1 Å². The van der Waals surface area contributed by atoms with Crippen molar-refractivity contribution in [3.05, 3.63) is 23.0 Å². The number of hydrogen-bond acceptors (Lipinski definition) is 2. The van der Waals surface area contributed by atoms with Gasteiger partial charge < -0.3 is 4.57 Å². The van der Waals surface area contributed by atoms with Crippen LogP contribution in [0.1, 0.15) is 53.1 Å². The number of nitrogens with zero attached hydrogens (tertiary/aromatic N) is 1. The third kappa shape index (κ3) is 1.60. The highest BCUT2D eigenvalue weighted by Gasteiger charge is 2.28. The molecule has 1 atom stereocenters.